The molecule has 5 nitrogen and oxygen atoms in total. The SMILES string of the molecule is Cc1c(NC2CCCCC2C)cc(N)cc1S(N)(=O)=O. The van der Waals surface area contributed by atoms with Gasteiger partial charge in [0.15, 0.2) is 0 Å². The summed E-state index contributed by atoms with van der Waals surface area (Å²) in [5.74, 6) is 0.572. The van der Waals surface area contributed by atoms with Crippen molar-refractivity contribution in [2.24, 2.45) is 11.1 Å². The van der Waals surface area contributed by atoms with Gasteiger partial charge in [0, 0.05) is 17.4 Å². The molecule has 1 aromatic rings. The molecule has 1 aromatic carbocycles. The Morgan fingerprint density at radius 3 is 2.50 bits per heavy atom. The van der Waals surface area contributed by atoms with Crippen molar-refractivity contribution in [1.82, 2.24) is 0 Å². The van der Waals surface area contributed by atoms with Gasteiger partial charge in [0.2, 0.25) is 10.0 Å². The van der Waals surface area contributed by atoms with E-state index in [1.54, 1.807) is 13.0 Å². The number of nitrogens with one attached hydrogen (secondary N) is 1. The summed E-state index contributed by atoms with van der Waals surface area (Å²) in [7, 11) is -3.75. The quantitative estimate of drug-likeness (QED) is 0.745. The molecule has 0 aromatic heterocycles. The van der Waals surface area contributed by atoms with Crippen LogP contribution in [0.5, 0.6) is 0 Å². The van der Waals surface area contributed by atoms with Crippen molar-refractivity contribution in [3.8, 4) is 0 Å². The number of benzene rings is 1. The Kier molecular flexibility index (Phi) is 4.25. The molecule has 0 spiro atoms. The molecule has 0 aliphatic heterocycles. The van der Waals surface area contributed by atoms with E-state index in [0.717, 1.165) is 12.1 Å². The van der Waals surface area contributed by atoms with Gasteiger partial charge in [-0.1, -0.05) is 19.8 Å². The van der Waals surface area contributed by atoms with Crippen LogP contribution in [0.2, 0.25) is 0 Å². The summed E-state index contributed by atoms with van der Waals surface area (Å²) < 4.78 is 23.2. The van der Waals surface area contributed by atoms with Gasteiger partial charge in [-0.15, -0.1) is 0 Å². The van der Waals surface area contributed by atoms with E-state index >= 15 is 0 Å². The van der Waals surface area contributed by atoms with Gasteiger partial charge < -0.3 is 11.1 Å². The van der Waals surface area contributed by atoms with E-state index in [2.05, 4.69) is 12.2 Å². The maximum atomic E-state index is 11.6. The third-order valence-corrected chi connectivity index (χ3v) is 5.18. The molecule has 5 N–H and O–H groups in total. The Bertz CT molecular complexity index is 599. The predicted molar refractivity (Wildman–Crippen MR) is 82.0 cm³/mol. The number of hydrogen-bond acceptors (Lipinski definition) is 4. The molecule has 2 rings (SSSR count). The zero-order valence-corrected chi connectivity index (χ0v) is 12.8. The number of anilines is 2. The molecule has 20 heavy (non-hydrogen) atoms. The number of primary sulfonamides is 1. The zero-order chi connectivity index (χ0) is 14.9. The Balaban J connectivity index is 2.34. The largest absolute Gasteiger partial charge is 0.399 e. The van der Waals surface area contributed by atoms with Crippen LogP contribution in [0.25, 0.3) is 0 Å². The van der Waals surface area contributed by atoms with Gasteiger partial charge in [0.05, 0.1) is 4.90 Å². The summed E-state index contributed by atoms with van der Waals surface area (Å²) in [6.45, 7) is 3.98. The minimum atomic E-state index is -3.75. The molecule has 2 unspecified atom stereocenters. The van der Waals surface area contributed by atoms with E-state index in [-0.39, 0.29) is 4.90 Å². The molecule has 2 atom stereocenters. The highest BCUT2D eigenvalue weighted by Crippen LogP contribution is 2.31. The van der Waals surface area contributed by atoms with Crippen LogP contribution in [-0.2, 0) is 10.0 Å². The molecule has 1 saturated carbocycles. The highest BCUT2D eigenvalue weighted by Gasteiger charge is 2.23. The summed E-state index contributed by atoms with van der Waals surface area (Å²) in [5.41, 5.74) is 7.62. The fourth-order valence-corrected chi connectivity index (χ4v) is 3.72. The van der Waals surface area contributed by atoms with Crippen molar-refractivity contribution < 1.29 is 8.42 Å². The fraction of sp³-hybridized carbons (Fsp3) is 0.571. The second-order valence-corrected chi connectivity index (χ2v) is 7.28. The number of sulfonamides is 1. The van der Waals surface area contributed by atoms with Crippen molar-refractivity contribution in [1.29, 1.82) is 0 Å². The van der Waals surface area contributed by atoms with Crippen LogP contribution in [0.1, 0.15) is 38.2 Å². The summed E-state index contributed by atoms with van der Waals surface area (Å²) >= 11 is 0. The molecule has 112 valence electrons. The minimum absolute atomic E-state index is 0.100. The van der Waals surface area contributed by atoms with E-state index < -0.39 is 10.0 Å². The lowest BCUT2D eigenvalue weighted by Gasteiger charge is -2.31. The van der Waals surface area contributed by atoms with Gasteiger partial charge in [-0.3, -0.25) is 0 Å². The maximum absolute atomic E-state index is 11.6. The van der Waals surface area contributed by atoms with Crippen LogP contribution in [-0.4, -0.2) is 14.5 Å². The van der Waals surface area contributed by atoms with E-state index in [9.17, 15) is 8.42 Å². The molecule has 1 fully saturated rings. The average Bonchev–Trinajstić information content (AvgIpc) is 2.34. The summed E-state index contributed by atoms with van der Waals surface area (Å²) in [6.07, 6.45) is 4.75. The first-order valence-corrected chi connectivity index (χ1v) is 8.53. The lowest BCUT2D eigenvalue weighted by molar-refractivity contribution is 0.349. The van der Waals surface area contributed by atoms with E-state index in [1.165, 1.54) is 25.3 Å². The highest BCUT2D eigenvalue weighted by atomic mass is 32.2. The van der Waals surface area contributed by atoms with Gasteiger partial charge in [-0.2, -0.15) is 0 Å². The molecule has 0 heterocycles. The Morgan fingerprint density at radius 1 is 1.25 bits per heavy atom. The van der Waals surface area contributed by atoms with Crippen LogP contribution >= 0.6 is 0 Å². The molecule has 6 heteroatoms. The number of hydrogen-bond donors (Lipinski definition) is 3. The molecule has 0 saturated heterocycles. The van der Waals surface area contributed by atoms with Crippen molar-refractivity contribution in [2.75, 3.05) is 11.1 Å². The first-order valence-electron chi connectivity index (χ1n) is 6.98. The third kappa shape index (κ3) is 3.24. The predicted octanol–water partition coefficient (Wildman–Crippen LogP) is 2.22. The van der Waals surface area contributed by atoms with Crippen LogP contribution in [0.4, 0.5) is 11.4 Å². The number of rotatable bonds is 3. The minimum Gasteiger partial charge on any atom is -0.399 e. The van der Waals surface area contributed by atoms with Crippen molar-refractivity contribution >= 4 is 21.4 Å². The average molecular weight is 297 g/mol. The lowest BCUT2D eigenvalue weighted by Crippen LogP contribution is -2.30. The normalized spacial score (nSPS) is 23.6. The van der Waals surface area contributed by atoms with Crippen molar-refractivity contribution in [3.05, 3.63) is 17.7 Å². The molecule has 0 radical (unpaired) electrons. The van der Waals surface area contributed by atoms with Crippen LogP contribution in [0.15, 0.2) is 17.0 Å². The second-order valence-electron chi connectivity index (χ2n) is 5.75. The van der Waals surface area contributed by atoms with E-state index in [1.807, 2.05) is 0 Å². The smallest absolute Gasteiger partial charge is 0.238 e. The Hall–Kier alpha value is -1.27. The van der Waals surface area contributed by atoms with Gasteiger partial charge in [-0.05, 0) is 43.4 Å². The molecular weight excluding hydrogens is 274 g/mol. The third-order valence-electron chi connectivity index (χ3n) is 4.14. The van der Waals surface area contributed by atoms with E-state index in [4.69, 9.17) is 10.9 Å². The monoisotopic (exact) mass is 297 g/mol. The zero-order valence-electron chi connectivity index (χ0n) is 12.0. The maximum Gasteiger partial charge on any atom is 0.238 e. The summed E-state index contributed by atoms with van der Waals surface area (Å²) in [4.78, 5) is 0.100. The summed E-state index contributed by atoms with van der Waals surface area (Å²) in [6, 6.07) is 3.56. The molecule has 0 amide bonds. The number of nitrogen functional groups attached to an aromatic ring is 1. The molecule has 0 bridgehead atoms. The topological polar surface area (TPSA) is 98.2 Å². The highest BCUT2D eigenvalue weighted by molar-refractivity contribution is 7.89. The second kappa shape index (κ2) is 5.61. The first kappa shape index (κ1) is 15.1. The Morgan fingerprint density at radius 2 is 1.90 bits per heavy atom. The van der Waals surface area contributed by atoms with Crippen LogP contribution in [0, 0.1) is 12.8 Å². The van der Waals surface area contributed by atoms with E-state index in [0.29, 0.717) is 23.2 Å². The first-order chi connectivity index (χ1) is 9.29. The summed E-state index contributed by atoms with van der Waals surface area (Å²) in [5, 5.41) is 8.70. The number of nitrogens with two attached hydrogens (primary N) is 2. The van der Waals surface area contributed by atoms with Gasteiger partial charge in [0.1, 0.15) is 0 Å². The standard InChI is InChI=1S/C14H23N3O2S/c1-9-5-3-4-6-12(9)17-13-7-11(15)8-14(10(13)2)20(16,18)19/h7-9,12,17H,3-6,15H2,1-2H3,(H2,16,18,19). The molecular formula is C14H23N3O2S. The van der Waals surface area contributed by atoms with Crippen LogP contribution < -0.4 is 16.2 Å². The molecule has 1 aliphatic carbocycles. The lowest BCUT2D eigenvalue weighted by atomic mass is 9.85. The van der Waals surface area contributed by atoms with Crippen molar-refractivity contribution in [3.63, 3.8) is 0 Å². The van der Waals surface area contributed by atoms with Gasteiger partial charge in [0.25, 0.3) is 0 Å². The molecule has 1 aliphatic rings. The van der Waals surface area contributed by atoms with Crippen LogP contribution in [0.3, 0.4) is 0 Å². The van der Waals surface area contributed by atoms with Crippen molar-refractivity contribution in [2.45, 2.75) is 50.5 Å². The Labute approximate surface area is 120 Å². The van der Waals surface area contributed by atoms with Gasteiger partial charge in [-0.25, -0.2) is 13.6 Å². The van der Waals surface area contributed by atoms with Gasteiger partial charge >= 0.3 is 0 Å². The fourth-order valence-electron chi connectivity index (χ4n) is 2.88.